The van der Waals surface area contributed by atoms with Crippen molar-refractivity contribution in [3.63, 3.8) is 0 Å². The number of carboxylic acid groups (broad SMARTS) is 1. The largest absolute Gasteiger partial charge is 0.482 e. The first-order valence-corrected chi connectivity index (χ1v) is 8.98. The van der Waals surface area contributed by atoms with Crippen molar-refractivity contribution >= 4 is 17.8 Å². The lowest BCUT2D eigenvalue weighted by atomic mass is 10.1. The molecule has 2 rings (SSSR count). The van der Waals surface area contributed by atoms with E-state index in [1.165, 1.54) is 0 Å². The number of rotatable bonds is 9. The minimum absolute atomic E-state index is 0.0493. The van der Waals surface area contributed by atoms with Crippen LogP contribution in [0, 0.1) is 0 Å². The summed E-state index contributed by atoms with van der Waals surface area (Å²) in [6, 6.07) is 13.6. The number of benzene rings is 2. The lowest BCUT2D eigenvalue weighted by Crippen LogP contribution is -2.30. The molecule has 0 bridgehead atoms. The fourth-order valence-electron chi connectivity index (χ4n) is 2.44. The van der Waals surface area contributed by atoms with Gasteiger partial charge in [-0.05, 0) is 62.2 Å². The number of carbonyl (C=O) groups is 3. The number of carboxylic acids is 1. The van der Waals surface area contributed by atoms with Gasteiger partial charge in [0.2, 0.25) is 0 Å². The SMILES string of the molecule is CC(C)NC(=O)c1ccc(C(=O)NCCc2ccc(OCC(=O)O)cc2)cc1. The van der Waals surface area contributed by atoms with E-state index < -0.39 is 5.97 Å². The number of nitrogens with one attached hydrogen (secondary N) is 2. The molecule has 0 spiro atoms. The Morgan fingerprint density at radius 3 is 2.04 bits per heavy atom. The van der Waals surface area contributed by atoms with E-state index in [4.69, 9.17) is 9.84 Å². The summed E-state index contributed by atoms with van der Waals surface area (Å²) in [4.78, 5) is 34.6. The first-order valence-electron chi connectivity index (χ1n) is 8.98. The topological polar surface area (TPSA) is 105 Å². The van der Waals surface area contributed by atoms with Crippen LogP contribution < -0.4 is 15.4 Å². The predicted molar refractivity (Wildman–Crippen MR) is 105 cm³/mol. The normalized spacial score (nSPS) is 10.4. The van der Waals surface area contributed by atoms with Gasteiger partial charge in [0.1, 0.15) is 5.75 Å². The number of amides is 2. The molecule has 7 nitrogen and oxygen atoms in total. The summed E-state index contributed by atoms with van der Waals surface area (Å²) in [5.74, 6) is -0.924. The number of aliphatic carboxylic acids is 1. The molecule has 7 heteroatoms. The highest BCUT2D eigenvalue weighted by Crippen LogP contribution is 2.12. The standard InChI is InChI=1S/C21H24N2O5/c1-14(2)23-21(27)17-7-5-16(6-8-17)20(26)22-12-11-15-3-9-18(10-4-15)28-13-19(24)25/h3-10,14H,11-13H2,1-2H3,(H,22,26)(H,23,27)(H,24,25). The molecular formula is C21H24N2O5. The number of ether oxygens (including phenoxy) is 1. The first kappa shape index (κ1) is 21.0. The van der Waals surface area contributed by atoms with Crippen LogP contribution >= 0.6 is 0 Å². The molecule has 0 aliphatic heterocycles. The Morgan fingerprint density at radius 2 is 1.50 bits per heavy atom. The van der Waals surface area contributed by atoms with E-state index in [-0.39, 0.29) is 24.5 Å². The Bertz CT molecular complexity index is 814. The second kappa shape index (κ2) is 10.1. The Labute approximate surface area is 163 Å². The van der Waals surface area contributed by atoms with Gasteiger partial charge in [0.15, 0.2) is 6.61 Å². The molecule has 0 saturated carbocycles. The lowest BCUT2D eigenvalue weighted by Gasteiger charge is -2.09. The predicted octanol–water partition coefficient (Wildman–Crippen LogP) is 2.26. The second-order valence-electron chi connectivity index (χ2n) is 6.54. The molecule has 0 heterocycles. The summed E-state index contributed by atoms with van der Waals surface area (Å²) in [6.45, 7) is 3.84. The van der Waals surface area contributed by atoms with Crippen LogP contribution in [0.15, 0.2) is 48.5 Å². The molecule has 2 aromatic carbocycles. The maximum Gasteiger partial charge on any atom is 0.341 e. The molecule has 0 atom stereocenters. The zero-order valence-electron chi connectivity index (χ0n) is 15.9. The van der Waals surface area contributed by atoms with Gasteiger partial charge < -0.3 is 20.5 Å². The summed E-state index contributed by atoms with van der Waals surface area (Å²) in [6.07, 6.45) is 0.625. The maximum absolute atomic E-state index is 12.2. The first-order chi connectivity index (χ1) is 13.3. The Hall–Kier alpha value is -3.35. The molecule has 2 amide bonds. The van der Waals surface area contributed by atoms with Crippen LogP contribution in [0.2, 0.25) is 0 Å². The molecule has 148 valence electrons. The van der Waals surface area contributed by atoms with Crippen molar-refractivity contribution in [3.8, 4) is 5.75 Å². The van der Waals surface area contributed by atoms with E-state index >= 15 is 0 Å². The van der Waals surface area contributed by atoms with Crippen molar-refractivity contribution in [3.05, 3.63) is 65.2 Å². The van der Waals surface area contributed by atoms with Gasteiger partial charge in [-0.2, -0.15) is 0 Å². The average molecular weight is 384 g/mol. The van der Waals surface area contributed by atoms with Crippen molar-refractivity contribution in [1.82, 2.24) is 10.6 Å². The molecule has 28 heavy (non-hydrogen) atoms. The van der Waals surface area contributed by atoms with Crippen molar-refractivity contribution in [1.29, 1.82) is 0 Å². The molecular weight excluding hydrogens is 360 g/mol. The Morgan fingerprint density at radius 1 is 0.929 bits per heavy atom. The summed E-state index contributed by atoms with van der Waals surface area (Å²) in [5.41, 5.74) is 1.98. The zero-order chi connectivity index (χ0) is 20.5. The third-order valence-corrected chi connectivity index (χ3v) is 3.81. The molecule has 0 aromatic heterocycles. The fourth-order valence-corrected chi connectivity index (χ4v) is 2.44. The number of hydrogen-bond donors (Lipinski definition) is 3. The molecule has 0 unspecified atom stereocenters. The van der Waals surface area contributed by atoms with Gasteiger partial charge in [-0.1, -0.05) is 12.1 Å². The van der Waals surface area contributed by atoms with E-state index in [1.54, 1.807) is 36.4 Å². The third kappa shape index (κ3) is 6.75. The fraction of sp³-hybridized carbons (Fsp3) is 0.286. The molecule has 0 aliphatic rings. The van der Waals surface area contributed by atoms with Crippen LogP contribution in [-0.2, 0) is 11.2 Å². The highest BCUT2D eigenvalue weighted by molar-refractivity contribution is 5.97. The maximum atomic E-state index is 12.2. The van der Waals surface area contributed by atoms with Crippen molar-refractivity contribution in [2.24, 2.45) is 0 Å². The van der Waals surface area contributed by atoms with Crippen molar-refractivity contribution in [2.75, 3.05) is 13.2 Å². The summed E-state index contributed by atoms with van der Waals surface area (Å²) < 4.78 is 5.07. The van der Waals surface area contributed by atoms with Gasteiger partial charge >= 0.3 is 5.97 Å². The van der Waals surface area contributed by atoms with Crippen LogP contribution in [0.4, 0.5) is 0 Å². The highest BCUT2D eigenvalue weighted by atomic mass is 16.5. The molecule has 0 aliphatic carbocycles. The number of carbonyl (C=O) groups excluding carboxylic acids is 2. The number of hydrogen-bond acceptors (Lipinski definition) is 4. The molecule has 0 saturated heterocycles. The second-order valence-corrected chi connectivity index (χ2v) is 6.54. The summed E-state index contributed by atoms with van der Waals surface area (Å²) in [7, 11) is 0. The minimum Gasteiger partial charge on any atom is -0.482 e. The van der Waals surface area contributed by atoms with Crippen molar-refractivity contribution < 1.29 is 24.2 Å². The van der Waals surface area contributed by atoms with E-state index in [0.717, 1.165) is 5.56 Å². The van der Waals surface area contributed by atoms with Crippen LogP contribution in [0.3, 0.4) is 0 Å². The van der Waals surface area contributed by atoms with Gasteiger partial charge in [-0.25, -0.2) is 4.79 Å². The van der Waals surface area contributed by atoms with Crippen molar-refractivity contribution in [2.45, 2.75) is 26.3 Å². The summed E-state index contributed by atoms with van der Waals surface area (Å²) >= 11 is 0. The smallest absolute Gasteiger partial charge is 0.341 e. The minimum atomic E-state index is -1.03. The molecule has 0 fully saturated rings. The highest BCUT2D eigenvalue weighted by Gasteiger charge is 2.09. The summed E-state index contributed by atoms with van der Waals surface area (Å²) in [5, 5.41) is 14.2. The van der Waals surface area contributed by atoms with E-state index in [9.17, 15) is 14.4 Å². The van der Waals surface area contributed by atoms with E-state index in [1.807, 2.05) is 26.0 Å². The van der Waals surface area contributed by atoms with Crippen LogP contribution in [-0.4, -0.2) is 42.1 Å². The lowest BCUT2D eigenvalue weighted by molar-refractivity contribution is -0.139. The Balaban J connectivity index is 1.80. The van der Waals surface area contributed by atoms with Gasteiger partial charge in [0.05, 0.1) is 0 Å². The van der Waals surface area contributed by atoms with Crippen LogP contribution in [0.25, 0.3) is 0 Å². The van der Waals surface area contributed by atoms with Gasteiger partial charge in [0.25, 0.3) is 11.8 Å². The Kier molecular flexibility index (Phi) is 7.56. The van der Waals surface area contributed by atoms with Gasteiger partial charge in [0, 0.05) is 23.7 Å². The monoisotopic (exact) mass is 384 g/mol. The quantitative estimate of drug-likeness (QED) is 0.615. The van der Waals surface area contributed by atoms with E-state index in [0.29, 0.717) is 29.8 Å². The van der Waals surface area contributed by atoms with Gasteiger partial charge in [-0.15, -0.1) is 0 Å². The molecule has 0 radical (unpaired) electrons. The third-order valence-electron chi connectivity index (χ3n) is 3.81. The van der Waals surface area contributed by atoms with Gasteiger partial charge in [-0.3, -0.25) is 9.59 Å². The zero-order valence-corrected chi connectivity index (χ0v) is 15.9. The molecule has 3 N–H and O–H groups in total. The van der Waals surface area contributed by atoms with Crippen LogP contribution in [0.1, 0.15) is 40.1 Å². The van der Waals surface area contributed by atoms with E-state index in [2.05, 4.69) is 10.6 Å². The molecule has 2 aromatic rings. The average Bonchev–Trinajstić information content (AvgIpc) is 2.67. The van der Waals surface area contributed by atoms with Crippen LogP contribution in [0.5, 0.6) is 5.75 Å².